The third-order valence-corrected chi connectivity index (χ3v) is 7.04. The molecule has 0 atom stereocenters. The number of aryl methyl sites for hydroxylation is 1. The Balaban J connectivity index is 1.42. The van der Waals surface area contributed by atoms with Gasteiger partial charge in [0.1, 0.15) is 5.69 Å². The number of likely N-dealkylation sites (tertiary alicyclic amines) is 1. The zero-order valence-electron chi connectivity index (χ0n) is 20.8. The minimum Gasteiger partial charge on any atom is -0.314 e. The molecule has 0 saturated carbocycles. The molecular weight excluding hydrogens is 483 g/mol. The van der Waals surface area contributed by atoms with Crippen molar-refractivity contribution >= 4 is 23.2 Å². The molecule has 3 heterocycles. The van der Waals surface area contributed by atoms with Gasteiger partial charge in [0.25, 0.3) is 5.91 Å². The molecule has 2 aromatic carbocycles. The molecule has 1 fully saturated rings. The highest BCUT2D eigenvalue weighted by atomic mass is 19.4. The number of nitrogens with zero attached hydrogens (tertiary/aromatic N) is 5. The van der Waals surface area contributed by atoms with Gasteiger partial charge in [0, 0.05) is 30.5 Å². The van der Waals surface area contributed by atoms with E-state index in [1.807, 2.05) is 6.92 Å². The maximum absolute atomic E-state index is 13.8. The first kappa shape index (κ1) is 25.0. The number of rotatable bonds is 5. The van der Waals surface area contributed by atoms with E-state index in [9.17, 15) is 22.8 Å². The molecule has 0 N–H and O–H groups in total. The normalized spacial score (nSPS) is 16.2. The van der Waals surface area contributed by atoms with E-state index in [0.717, 1.165) is 36.2 Å². The van der Waals surface area contributed by atoms with Gasteiger partial charge >= 0.3 is 6.18 Å². The van der Waals surface area contributed by atoms with Crippen LogP contribution in [0.4, 0.5) is 24.5 Å². The number of fused-ring (bicyclic) bond motifs is 1. The topological polar surface area (TPSA) is 61.7 Å². The van der Waals surface area contributed by atoms with Crippen LogP contribution in [0.15, 0.2) is 48.5 Å². The minimum absolute atomic E-state index is 0.0185. The second-order valence-electron chi connectivity index (χ2n) is 9.58. The summed E-state index contributed by atoms with van der Waals surface area (Å²) in [6.07, 6.45) is -2.44. The highest BCUT2D eigenvalue weighted by Gasteiger charge is 2.43. The first-order chi connectivity index (χ1) is 17.6. The van der Waals surface area contributed by atoms with E-state index in [0.29, 0.717) is 23.6 Å². The van der Waals surface area contributed by atoms with Crippen molar-refractivity contribution in [1.82, 2.24) is 14.7 Å². The fourth-order valence-corrected chi connectivity index (χ4v) is 4.95. The van der Waals surface area contributed by atoms with Gasteiger partial charge in [-0.15, -0.1) is 0 Å². The molecule has 0 aliphatic carbocycles. The summed E-state index contributed by atoms with van der Waals surface area (Å²) in [4.78, 5) is 31.4. The highest BCUT2D eigenvalue weighted by molar-refractivity contribution is 6.07. The van der Waals surface area contributed by atoms with E-state index >= 15 is 0 Å². The Labute approximate surface area is 213 Å². The smallest absolute Gasteiger partial charge is 0.314 e. The van der Waals surface area contributed by atoms with Gasteiger partial charge in [0.05, 0.1) is 12.2 Å². The first-order valence-electron chi connectivity index (χ1n) is 12.3. The number of hydrogen-bond donors (Lipinski definition) is 0. The van der Waals surface area contributed by atoms with Crippen LogP contribution >= 0.6 is 0 Å². The Kier molecular flexibility index (Phi) is 6.53. The van der Waals surface area contributed by atoms with Gasteiger partial charge in [-0.1, -0.05) is 17.7 Å². The van der Waals surface area contributed by atoms with E-state index in [4.69, 9.17) is 0 Å². The van der Waals surface area contributed by atoms with E-state index in [2.05, 4.69) is 10.00 Å². The van der Waals surface area contributed by atoms with Crippen LogP contribution in [-0.2, 0) is 17.4 Å². The number of benzene rings is 2. The van der Waals surface area contributed by atoms with Crippen molar-refractivity contribution in [3.63, 3.8) is 0 Å². The molecule has 0 bridgehead atoms. The zero-order valence-corrected chi connectivity index (χ0v) is 20.8. The number of amides is 2. The fourth-order valence-electron chi connectivity index (χ4n) is 4.95. The van der Waals surface area contributed by atoms with Crippen molar-refractivity contribution in [2.45, 2.75) is 32.4 Å². The maximum Gasteiger partial charge on any atom is 0.435 e. The summed E-state index contributed by atoms with van der Waals surface area (Å²) < 4.78 is 42.5. The number of likely N-dealkylation sites (N-methyl/N-ethyl adjacent to an activating group) is 1. The maximum atomic E-state index is 13.8. The molecule has 5 rings (SSSR count). The van der Waals surface area contributed by atoms with Crippen LogP contribution in [-0.4, -0.2) is 59.7 Å². The van der Waals surface area contributed by atoms with Crippen LogP contribution < -0.4 is 9.80 Å². The monoisotopic (exact) mass is 511 g/mol. The van der Waals surface area contributed by atoms with E-state index in [1.54, 1.807) is 60.5 Å². The third-order valence-electron chi connectivity index (χ3n) is 7.04. The Morgan fingerprint density at radius 2 is 1.59 bits per heavy atom. The molecule has 0 radical (unpaired) electrons. The predicted molar refractivity (Wildman–Crippen MR) is 134 cm³/mol. The van der Waals surface area contributed by atoms with Crippen molar-refractivity contribution in [1.29, 1.82) is 0 Å². The summed E-state index contributed by atoms with van der Waals surface area (Å²) in [5.41, 5.74) is 1.37. The standard InChI is InChI=1S/C27H28F3N5O2/c1-18-5-7-21(8-6-18)35-24-22(25(31-35)27(28,29)30)13-16-34(26(24)37)20-11-9-19(10-12-20)32(2)23(36)17-33-14-3-4-15-33/h5-12H,3-4,13-17H2,1-2H3. The molecule has 0 spiro atoms. The summed E-state index contributed by atoms with van der Waals surface area (Å²) in [6.45, 7) is 4.17. The molecule has 37 heavy (non-hydrogen) atoms. The molecule has 0 unspecified atom stereocenters. The Hall–Kier alpha value is -3.66. The lowest BCUT2D eigenvalue weighted by molar-refractivity contribution is -0.142. The molecule has 2 amide bonds. The van der Waals surface area contributed by atoms with Gasteiger partial charge in [-0.25, -0.2) is 4.68 Å². The summed E-state index contributed by atoms with van der Waals surface area (Å²) >= 11 is 0. The Morgan fingerprint density at radius 1 is 0.973 bits per heavy atom. The van der Waals surface area contributed by atoms with Crippen molar-refractivity contribution in [2.24, 2.45) is 0 Å². The molecule has 3 aromatic rings. The van der Waals surface area contributed by atoms with Crippen LogP contribution in [0.1, 0.15) is 40.2 Å². The van der Waals surface area contributed by atoms with E-state index < -0.39 is 17.8 Å². The average molecular weight is 512 g/mol. The molecule has 1 aromatic heterocycles. The van der Waals surface area contributed by atoms with Crippen molar-refractivity contribution in [3.8, 4) is 5.69 Å². The lowest BCUT2D eigenvalue weighted by Gasteiger charge is -2.28. The summed E-state index contributed by atoms with van der Waals surface area (Å²) in [6, 6.07) is 13.8. The van der Waals surface area contributed by atoms with Crippen LogP contribution in [0, 0.1) is 6.92 Å². The number of alkyl halides is 3. The third kappa shape index (κ3) is 4.85. The lowest BCUT2D eigenvalue weighted by Crippen LogP contribution is -2.39. The summed E-state index contributed by atoms with van der Waals surface area (Å²) in [5.74, 6) is -0.564. The number of carbonyl (C=O) groups is 2. The molecule has 1 saturated heterocycles. The molecule has 7 nitrogen and oxygen atoms in total. The summed E-state index contributed by atoms with van der Waals surface area (Å²) in [5, 5.41) is 3.84. The average Bonchev–Trinajstić information content (AvgIpc) is 3.53. The van der Waals surface area contributed by atoms with Crippen molar-refractivity contribution < 1.29 is 22.8 Å². The van der Waals surface area contributed by atoms with Crippen LogP contribution in [0.3, 0.4) is 0 Å². The Bertz CT molecular complexity index is 1310. The molecule has 2 aliphatic rings. The van der Waals surface area contributed by atoms with Crippen LogP contribution in [0.2, 0.25) is 0 Å². The largest absolute Gasteiger partial charge is 0.435 e. The number of halogens is 3. The van der Waals surface area contributed by atoms with Gasteiger partial charge in [0.15, 0.2) is 5.69 Å². The first-order valence-corrected chi connectivity index (χ1v) is 12.3. The number of anilines is 2. The minimum atomic E-state index is -4.67. The fraction of sp³-hybridized carbons (Fsp3) is 0.370. The molecule has 2 aliphatic heterocycles. The second kappa shape index (κ2) is 9.66. The van der Waals surface area contributed by atoms with Gasteiger partial charge in [-0.05, 0) is 75.7 Å². The van der Waals surface area contributed by atoms with Crippen LogP contribution in [0.5, 0.6) is 0 Å². The van der Waals surface area contributed by atoms with Crippen molar-refractivity contribution in [2.75, 3.05) is 43.0 Å². The summed E-state index contributed by atoms with van der Waals surface area (Å²) in [7, 11) is 1.71. The van der Waals surface area contributed by atoms with Gasteiger partial charge in [0.2, 0.25) is 5.91 Å². The van der Waals surface area contributed by atoms with E-state index in [-0.39, 0.29) is 30.1 Å². The van der Waals surface area contributed by atoms with Gasteiger partial charge < -0.3 is 9.80 Å². The molecular formula is C27H28F3N5O2. The highest BCUT2D eigenvalue weighted by Crippen LogP contribution is 2.37. The predicted octanol–water partition coefficient (Wildman–Crippen LogP) is 4.46. The van der Waals surface area contributed by atoms with Gasteiger partial charge in [-0.3, -0.25) is 14.5 Å². The Morgan fingerprint density at radius 3 is 2.22 bits per heavy atom. The SMILES string of the molecule is Cc1ccc(-n2nc(C(F)(F)F)c3c2C(=O)N(c2ccc(N(C)C(=O)CN4CCCC4)cc2)CC3)cc1. The quantitative estimate of drug-likeness (QED) is 0.508. The second-order valence-corrected chi connectivity index (χ2v) is 9.58. The number of aromatic nitrogens is 2. The molecule has 194 valence electrons. The van der Waals surface area contributed by atoms with E-state index in [1.165, 1.54) is 4.90 Å². The zero-order chi connectivity index (χ0) is 26.3. The van der Waals surface area contributed by atoms with Gasteiger partial charge in [-0.2, -0.15) is 18.3 Å². The number of carbonyl (C=O) groups excluding carboxylic acids is 2. The lowest BCUT2D eigenvalue weighted by atomic mass is 10.0. The molecule has 10 heteroatoms. The number of hydrogen-bond acceptors (Lipinski definition) is 4. The van der Waals surface area contributed by atoms with Crippen molar-refractivity contribution in [3.05, 3.63) is 71.0 Å². The van der Waals surface area contributed by atoms with Crippen LogP contribution in [0.25, 0.3) is 5.69 Å².